The molecule has 0 bridgehead atoms. The van der Waals surface area contributed by atoms with E-state index in [1.54, 1.807) is 12.1 Å². The van der Waals surface area contributed by atoms with E-state index in [1.165, 1.54) is 7.11 Å². The largest absolute Gasteiger partial charge is 0.496 e. The predicted molar refractivity (Wildman–Crippen MR) is 96.0 cm³/mol. The number of methoxy groups -OCH3 is 1. The summed E-state index contributed by atoms with van der Waals surface area (Å²) in [7, 11) is -1.63. The molecule has 1 aliphatic rings. The summed E-state index contributed by atoms with van der Waals surface area (Å²) in [6.07, 6.45) is 0.376. The van der Waals surface area contributed by atoms with Gasteiger partial charge in [0, 0.05) is 6.04 Å². The topological polar surface area (TPSA) is 98.8 Å². The van der Waals surface area contributed by atoms with E-state index in [1.807, 2.05) is 24.3 Å². The van der Waals surface area contributed by atoms with Gasteiger partial charge in [0.1, 0.15) is 11.3 Å². The van der Waals surface area contributed by atoms with E-state index in [-0.39, 0.29) is 17.1 Å². The number of carbonyl (C=O) groups excluding carboxylic acids is 2. The van der Waals surface area contributed by atoms with Crippen molar-refractivity contribution in [3.8, 4) is 5.75 Å². The van der Waals surface area contributed by atoms with E-state index < -0.39 is 34.4 Å². The fourth-order valence-corrected chi connectivity index (χ4v) is 4.61. The molecule has 26 heavy (non-hydrogen) atoms. The van der Waals surface area contributed by atoms with Gasteiger partial charge in [0.05, 0.1) is 18.6 Å². The number of esters is 1. The molecule has 1 heterocycles. The van der Waals surface area contributed by atoms with Gasteiger partial charge < -0.3 is 14.8 Å². The maximum absolute atomic E-state index is 12.3. The lowest BCUT2D eigenvalue weighted by atomic mass is 10.1. The number of carbonyl (C=O) groups is 2. The molecule has 1 N–H and O–H groups in total. The zero-order valence-corrected chi connectivity index (χ0v) is 15.0. The minimum atomic E-state index is -3.08. The number of hydrogen-bond acceptors (Lipinski definition) is 6. The van der Waals surface area contributed by atoms with Crippen LogP contribution in [0.1, 0.15) is 16.8 Å². The fourth-order valence-electron chi connectivity index (χ4n) is 2.93. The zero-order chi connectivity index (χ0) is 18.7. The number of hydrogen-bond donors (Lipinski definition) is 1. The van der Waals surface area contributed by atoms with Crippen LogP contribution in [-0.4, -0.2) is 51.6 Å². The number of amides is 1. The number of fused-ring (bicyclic) bond motifs is 1. The summed E-state index contributed by atoms with van der Waals surface area (Å²) in [5, 5.41) is 4.34. The molecule has 138 valence electrons. The molecule has 2 aromatic rings. The molecule has 0 radical (unpaired) electrons. The average molecular weight is 377 g/mol. The highest BCUT2D eigenvalue weighted by atomic mass is 32.2. The van der Waals surface area contributed by atoms with Gasteiger partial charge in [0.25, 0.3) is 5.91 Å². The van der Waals surface area contributed by atoms with Crippen molar-refractivity contribution in [2.75, 3.05) is 25.2 Å². The Kier molecular flexibility index (Phi) is 5.13. The Morgan fingerprint density at radius 1 is 1.19 bits per heavy atom. The first kappa shape index (κ1) is 18.2. The van der Waals surface area contributed by atoms with Crippen LogP contribution in [0.15, 0.2) is 36.4 Å². The number of sulfone groups is 1. The van der Waals surface area contributed by atoms with E-state index >= 15 is 0 Å². The molecule has 8 heteroatoms. The standard InChI is InChI=1S/C18H19NO6S/c1-24-16-9-13-5-3-2-4-12(13)8-15(16)18(21)25-10-17(20)19-14-6-7-26(22,23)11-14/h2-5,8-9,14H,6-7,10-11H2,1H3,(H,19,20)/t14-/m1/s1. The first-order chi connectivity index (χ1) is 12.4. The summed E-state index contributed by atoms with van der Waals surface area (Å²) in [6.45, 7) is -0.481. The highest BCUT2D eigenvalue weighted by Crippen LogP contribution is 2.26. The van der Waals surface area contributed by atoms with Crippen LogP contribution in [0.5, 0.6) is 5.75 Å². The van der Waals surface area contributed by atoms with Crippen molar-refractivity contribution in [2.45, 2.75) is 12.5 Å². The lowest BCUT2D eigenvalue weighted by Gasteiger charge is -2.12. The van der Waals surface area contributed by atoms with E-state index in [0.29, 0.717) is 12.2 Å². The number of rotatable bonds is 5. The van der Waals surface area contributed by atoms with Crippen molar-refractivity contribution in [3.05, 3.63) is 42.0 Å². The van der Waals surface area contributed by atoms with Gasteiger partial charge in [-0.2, -0.15) is 0 Å². The Balaban J connectivity index is 1.64. The molecule has 1 saturated heterocycles. The van der Waals surface area contributed by atoms with Crippen LogP contribution in [-0.2, 0) is 19.4 Å². The van der Waals surface area contributed by atoms with Gasteiger partial charge in [-0.15, -0.1) is 0 Å². The smallest absolute Gasteiger partial charge is 0.342 e. The normalized spacial score (nSPS) is 18.4. The lowest BCUT2D eigenvalue weighted by molar-refractivity contribution is -0.124. The van der Waals surface area contributed by atoms with Crippen LogP contribution in [0.2, 0.25) is 0 Å². The Hall–Kier alpha value is -2.61. The van der Waals surface area contributed by atoms with Gasteiger partial charge in [0.2, 0.25) is 0 Å². The van der Waals surface area contributed by atoms with Crippen molar-refractivity contribution >= 4 is 32.5 Å². The molecule has 2 aromatic carbocycles. The highest BCUT2D eigenvalue weighted by Gasteiger charge is 2.29. The highest BCUT2D eigenvalue weighted by molar-refractivity contribution is 7.91. The van der Waals surface area contributed by atoms with E-state index in [0.717, 1.165) is 10.8 Å². The molecule has 1 amide bonds. The summed E-state index contributed by atoms with van der Waals surface area (Å²) in [5.74, 6) is -0.866. The SMILES string of the molecule is COc1cc2ccccc2cc1C(=O)OCC(=O)N[C@@H]1CCS(=O)(=O)C1. The molecular formula is C18H19NO6S. The zero-order valence-electron chi connectivity index (χ0n) is 14.2. The van der Waals surface area contributed by atoms with Gasteiger partial charge >= 0.3 is 5.97 Å². The van der Waals surface area contributed by atoms with Crippen LogP contribution in [0, 0.1) is 0 Å². The third kappa shape index (κ3) is 4.13. The third-order valence-corrected chi connectivity index (χ3v) is 5.99. The molecule has 0 unspecified atom stereocenters. The van der Waals surface area contributed by atoms with Crippen molar-refractivity contribution in [2.24, 2.45) is 0 Å². The maximum atomic E-state index is 12.3. The Morgan fingerprint density at radius 3 is 2.50 bits per heavy atom. The molecule has 7 nitrogen and oxygen atoms in total. The first-order valence-corrected chi connectivity index (χ1v) is 9.94. The number of ether oxygens (including phenoxy) is 2. The molecule has 0 saturated carbocycles. The van der Waals surface area contributed by atoms with Crippen LogP contribution >= 0.6 is 0 Å². The number of nitrogens with one attached hydrogen (secondary N) is 1. The second kappa shape index (κ2) is 7.33. The quantitative estimate of drug-likeness (QED) is 0.789. The molecule has 0 spiro atoms. The van der Waals surface area contributed by atoms with Crippen LogP contribution in [0.3, 0.4) is 0 Å². The van der Waals surface area contributed by atoms with Crippen LogP contribution in [0.25, 0.3) is 10.8 Å². The molecular weight excluding hydrogens is 358 g/mol. The lowest BCUT2D eigenvalue weighted by Crippen LogP contribution is -2.38. The summed E-state index contributed by atoms with van der Waals surface area (Å²) < 4.78 is 33.1. The van der Waals surface area contributed by atoms with Crippen LogP contribution < -0.4 is 10.1 Å². The van der Waals surface area contributed by atoms with Gasteiger partial charge in [-0.25, -0.2) is 13.2 Å². The fraction of sp³-hybridized carbons (Fsp3) is 0.333. The van der Waals surface area contributed by atoms with Gasteiger partial charge in [-0.1, -0.05) is 24.3 Å². The molecule has 0 aliphatic carbocycles. The third-order valence-electron chi connectivity index (χ3n) is 4.22. The summed E-state index contributed by atoms with van der Waals surface area (Å²) in [6, 6.07) is 10.4. The van der Waals surface area contributed by atoms with Gasteiger partial charge in [0.15, 0.2) is 16.4 Å². The molecule has 3 rings (SSSR count). The van der Waals surface area contributed by atoms with E-state index in [2.05, 4.69) is 5.32 Å². The minimum absolute atomic E-state index is 0.0615. The summed E-state index contributed by atoms with van der Waals surface area (Å²) in [5.41, 5.74) is 0.224. The van der Waals surface area contributed by atoms with Crippen molar-refractivity contribution in [1.82, 2.24) is 5.32 Å². The Labute approximate surface area is 151 Å². The molecule has 1 fully saturated rings. The minimum Gasteiger partial charge on any atom is -0.496 e. The Morgan fingerprint density at radius 2 is 1.88 bits per heavy atom. The number of benzene rings is 2. The predicted octanol–water partition coefficient (Wildman–Crippen LogP) is 1.31. The molecule has 1 atom stereocenters. The molecule has 0 aromatic heterocycles. The first-order valence-electron chi connectivity index (χ1n) is 8.11. The maximum Gasteiger partial charge on any atom is 0.342 e. The summed E-state index contributed by atoms with van der Waals surface area (Å²) in [4.78, 5) is 24.2. The second-order valence-electron chi connectivity index (χ2n) is 6.14. The van der Waals surface area contributed by atoms with Crippen molar-refractivity contribution in [3.63, 3.8) is 0 Å². The van der Waals surface area contributed by atoms with Crippen molar-refractivity contribution in [1.29, 1.82) is 0 Å². The molecule has 1 aliphatic heterocycles. The second-order valence-corrected chi connectivity index (χ2v) is 8.37. The Bertz CT molecular complexity index is 953. The average Bonchev–Trinajstić information content (AvgIpc) is 2.96. The van der Waals surface area contributed by atoms with Crippen LogP contribution in [0.4, 0.5) is 0 Å². The van der Waals surface area contributed by atoms with Gasteiger partial charge in [-0.3, -0.25) is 4.79 Å². The van der Waals surface area contributed by atoms with Crippen molar-refractivity contribution < 1.29 is 27.5 Å². The van der Waals surface area contributed by atoms with E-state index in [4.69, 9.17) is 9.47 Å². The summed E-state index contributed by atoms with van der Waals surface area (Å²) >= 11 is 0. The van der Waals surface area contributed by atoms with E-state index in [9.17, 15) is 18.0 Å². The monoisotopic (exact) mass is 377 g/mol. The van der Waals surface area contributed by atoms with Gasteiger partial charge in [-0.05, 0) is 29.3 Å².